The third-order valence-electron chi connectivity index (χ3n) is 2.43. The van der Waals surface area contributed by atoms with Crippen molar-refractivity contribution in [3.8, 4) is 10.6 Å². The number of anilines is 1. The van der Waals surface area contributed by atoms with Gasteiger partial charge in [-0.3, -0.25) is 5.32 Å². The summed E-state index contributed by atoms with van der Waals surface area (Å²) >= 11 is 5.91. The number of hydrogen-bond acceptors (Lipinski definition) is 6. The Morgan fingerprint density at radius 3 is 2.48 bits per heavy atom. The molecule has 0 saturated carbocycles. The number of ether oxygens (including phenoxy) is 1. The SMILES string of the molecule is CC(C)(C)OC(=O)Nc1nc(C(F)(F)F)c(-c2nc(Cl)ncc2F)s1. The third kappa shape index (κ3) is 4.98. The molecule has 2 rings (SSSR count). The average molecular weight is 399 g/mol. The van der Waals surface area contributed by atoms with E-state index in [9.17, 15) is 22.4 Å². The van der Waals surface area contributed by atoms with Gasteiger partial charge in [0.2, 0.25) is 5.28 Å². The molecule has 1 amide bonds. The van der Waals surface area contributed by atoms with Crippen LogP contribution in [0.3, 0.4) is 0 Å². The van der Waals surface area contributed by atoms with Gasteiger partial charge in [-0.05, 0) is 32.4 Å². The minimum absolute atomic E-state index is 0.385. The lowest BCUT2D eigenvalue weighted by atomic mass is 10.2. The lowest BCUT2D eigenvalue weighted by molar-refractivity contribution is -0.140. The second-order valence-electron chi connectivity index (χ2n) is 5.66. The van der Waals surface area contributed by atoms with Crippen LogP contribution in [0.2, 0.25) is 5.28 Å². The van der Waals surface area contributed by atoms with Gasteiger partial charge in [0.05, 0.1) is 11.1 Å². The zero-order valence-electron chi connectivity index (χ0n) is 13.0. The highest BCUT2D eigenvalue weighted by atomic mass is 35.5. The van der Waals surface area contributed by atoms with Gasteiger partial charge in [-0.25, -0.2) is 24.1 Å². The summed E-state index contributed by atoms with van der Waals surface area (Å²) in [6.45, 7) is 4.75. The van der Waals surface area contributed by atoms with Crippen LogP contribution in [0.15, 0.2) is 6.20 Å². The van der Waals surface area contributed by atoms with E-state index in [1.165, 1.54) is 0 Å². The maximum atomic E-state index is 13.8. The number of hydrogen-bond donors (Lipinski definition) is 1. The van der Waals surface area contributed by atoms with Crippen molar-refractivity contribution in [1.82, 2.24) is 15.0 Å². The van der Waals surface area contributed by atoms with Gasteiger partial charge >= 0.3 is 12.3 Å². The summed E-state index contributed by atoms with van der Waals surface area (Å²) in [5.74, 6) is -1.11. The monoisotopic (exact) mass is 398 g/mol. The second kappa shape index (κ2) is 6.71. The number of amides is 1. The Bertz CT molecular complexity index is 804. The Morgan fingerprint density at radius 2 is 1.92 bits per heavy atom. The Kier molecular flexibility index (Phi) is 5.19. The van der Waals surface area contributed by atoms with E-state index in [4.69, 9.17) is 16.3 Å². The van der Waals surface area contributed by atoms with Crippen LogP contribution in [0, 0.1) is 5.82 Å². The summed E-state index contributed by atoms with van der Waals surface area (Å²) < 4.78 is 58.3. The van der Waals surface area contributed by atoms with Crippen LogP contribution in [0.4, 0.5) is 27.5 Å². The zero-order valence-corrected chi connectivity index (χ0v) is 14.6. The first-order chi connectivity index (χ1) is 11.4. The highest BCUT2D eigenvalue weighted by Gasteiger charge is 2.39. The van der Waals surface area contributed by atoms with Crippen molar-refractivity contribution in [1.29, 1.82) is 0 Å². The standard InChI is InChI=1S/C13H11ClF4N4O2S/c1-12(2,3)24-11(23)22-10-21-8(13(16,17)18)7(25-10)6-5(15)4-19-9(14)20-6/h4H,1-3H3,(H,21,22,23). The topological polar surface area (TPSA) is 77.0 Å². The lowest BCUT2D eigenvalue weighted by Gasteiger charge is -2.18. The molecule has 6 nitrogen and oxygen atoms in total. The molecule has 0 fully saturated rings. The molecule has 2 aromatic heterocycles. The second-order valence-corrected chi connectivity index (χ2v) is 6.99. The molecule has 1 N–H and O–H groups in total. The number of carbonyl (C=O) groups is 1. The zero-order chi connectivity index (χ0) is 19.0. The van der Waals surface area contributed by atoms with E-state index in [1.807, 2.05) is 0 Å². The summed E-state index contributed by atoms with van der Waals surface area (Å²) in [4.78, 5) is 21.2. The van der Waals surface area contributed by atoms with Crippen LogP contribution < -0.4 is 5.32 Å². The van der Waals surface area contributed by atoms with Crippen LogP contribution in [0.25, 0.3) is 10.6 Å². The van der Waals surface area contributed by atoms with Crippen molar-refractivity contribution in [2.45, 2.75) is 32.5 Å². The molecule has 0 aliphatic carbocycles. The highest BCUT2D eigenvalue weighted by molar-refractivity contribution is 7.19. The average Bonchev–Trinajstić information content (AvgIpc) is 2.83. The molecule has 0 aliphatic heterocycles. The molecule has 136 valence electrons. The van der Waals surface area contributed by atoms with Crippen LogP contribution in [-0.2, 0) is 10.9 Å². The van der Waals surface area contributed by atoms with E-state index in [1.54, 1.807) is 20.8 Å². The van der Waals surface area contributed by atoms with Gasteiger partial charge in [-0.1, -0.05) is 11.3 Å². The van der Waals surface area contributed by atoms with E-state index in [2.05, 4.69) is 20.3 Å². The number of nitrogens with zero attached hydrogens (tertiary/aromatic N) is 3. The molecule has 2 heterocycles. The molecule has 0 spiro atoms. The fraction of sp³-hybridized carbons (Fsp3) is 0.385. The van der Waals surface area contributed by atoms with Gasteiger partial charge in [0.1, 0.15) is 11.3 Å². The number of nitrogens with one attached hydrogen (secondary N) is 1. The Morgan fingerprint density at radius 1 is 1.28 bits per heavy atom. The largest absolute Gasteiger partial charge is 0.444 e. The third-order valence-corrected chi connectivity index (χ3v) is 3.59. The van der Waals surface area contributed by atoms with Gasteiger partial charge in [0, 0.05) is 0 Å². The van der Waals surface area contributed by atoms with Crippen LogP contribution in [0.1, 0.15) is 26.5 Å². The van der Waals surface area contributed by atoms with Crippen LogP contribution >= 0.6 is 22.9 Å². The summed E-state index contributed by atoms with van der Waals surface area (Å²) in [5.41, 5.74) is -2.93. The van der Waals surface area contributed by atoms with Crippen molar-refractivity contribution in [2.75, 3.05) is 5.32 Å². The first-order valence-electron chi connectivity index (χ1n) is 6.63. The van der Waals surface area contributed by atoms with Gasteiger partial charge in [-0.2, -0.15) is 13.2 Å². The molecule has 0 saturated heterocycles. The van der Waals surface area contributed by atoms with Crippen molar-refractivity contribution >= 4 is 34.2 Å². The molecular formula is C13H11ClF4N4O2S. The molecule has 2 aromatic rings. The summed E-state index contributed by atoms with van der Waals surface area (Å²) in [6.07, 6.45) is -5.25. The first-order valence-corrected chi connectivity index (χ1v) is 7.82. The van der Waals surface area contributed by atoms with E-state index in [0.717, 1.165) is 0 Å². The van der Waals surface area contributed by atoms with E-state index in [-0.39, 0.29) is 0 Å². The summed E-state index contributed by atoms with van der Waals surface area (Å²) in [7, 11) is 0. The molecule has 12 heteroatoms. The Labute approximate surface area is 148 Å². The highest BCUT2D eigenvalue weighted by Crippen LogP contribution is 2.42. The van der Waals surface area contributed by atoms with E-state index >= 15 is 0 Å². The minimum Gasteiger partial charge on any atom is -0.444 e. The number of halogens is 5. The van der Waals surface area contributed by atoms with Gasteiger partial charge in [0.25, 0.3) is 0 Å². The quantitative estimate of drug-likeness (QED) is 0.583. The molecule has 0 atom stereocenters. The maximum absolute atomic E-state index is 13.8. The molecule has 0 unspecified atom stereocenters. The molecule has 0 radical (unpaired) electrons. The number of alkyl halides is 3. The smallest absolute Gasteiger partial charge is 0.434 e. The van der Waals surface area contributed by atoms with Crippen molar-refractivity contribution < 1.29 is 27.1 Å². The molecule has 0 bridgehead atoms. The normalized spacial score (nSPS) is 12.2. The van der Waals surface area contributed by atoms with E-state index < -0.39 is 50.4 Å². The Balaban J connectivity index is 2.45. The van der Waals surface area contributed by atoms with Crippen LogP contribution in [-0.4, -0.2) is 26.6 Å². The van der Waals surface area contributed by atoms with Crippen molar-refractivity contribution in [2.24, 2.45) is 0 Å². The predicted octanol–water partition coefficient (Wildman–Crippen LogP) is 4.76. The number of thiazole rings is 1. The molecular weight excluding hydrogens is 388 g/mol. The van der Waals surface area contributed by atoms with Crippen LogP contribution in [0.5, 0.6) is 0 Å². The van der Waals surface area contributed by atoms with Gasteiger partial charge < -0.3 is 4.74 Å². The number of rotatable bonds is 2. The summed E-state index contributed by atoms with van der Waals surface area (Å²) in [6, 6.07) is 0. The van der Waals surface area contributed by atoms with Crippen molar-refractivity contribution in [3.63, 3.8) is 0 Å². The fourth-order valence-corrected chi connectivity index (χ4v) is 2.72. The minimum atomic E-state index is -4.90. The lowest BCUT2D eigenvalue weighted by Crippen LogP contribution is -2.27. The molecule has 0 aliphatic rings. The van der Waals surface area contributed by atoms with Gasteiger partial charge in [-0.15, -0.1) is 0 Å². The van der Waals surface area contributed by atoms with Gasteiger partial charge in [0.15, 0.2) is 16.6 Å². The number of carbonyl (C=O) groups excluding carboxylic acids is 1. The summed E-state index contributed by atoms with van der Waals surface area (Å²) in [5, 5.41) is 1.23. The molecule has 25 heavy (non-hydrogen) atoms. The fourth-order valence-electron chi connectivity index (χ4n) is 1.62. The number of aromatic nitrogens is 3. The molecule has 0 aromatic carbocycles. The Hall–Kier alpha value is -2.01. The maximum Gasteiger partial charge on any atom is 0.434 e. The first kappa shape index (κ1) is 19.3. The van der Waals surface area contributed by atoms with E-state index in [0.29, 0.717) is 17.5 Å². The van der Waals surface area contributed by atoms with Crippen molar-refractivity contribution in [3.05, 3.63) is 23.0 Å². The predicted molar refractivity (Wildman–Crippen MR) is 83.0 cm³/mol.